The van der Waals surface area contributed by atoms with Gasteiger partial charge in [0.15, 0.2) is 0 Å². The minimum absolute atomic E-state index is 0.0293. The van der Waals surface area contributed by atoms with Crippen molar-refractivity contribution >= 4 is 27.2 Å². The molecule has 0 saturated heterocycles. The summed E-state index contributed by atoms with van der Waals surface area (Å²) in [5.74, 6) is -0.0293. The second-order valence-electron chi connectivity index (χ2n) is 3.32. The van der Waals surface area contributed by atoms with Crippen molar-refractivity contribution < 1.29 is 8.42 Å². The molecule has 0 amide bonds. The lowest BCUT2D eigenvalue weighted by atomic mass is 10.1. The number of rotatable bonds is 5. The van der Waals surface area contributed by atoms with Gasteiger partial charge < -0.3 is 5.73 Å². The SMILES string of the molecule is CCNS(=O)(=O)Cc1ccc(C(N)=S)cc1. The van der Waals surface area contributed by atoms with Crippen LogP contribution in [0.2, 0.25) is 0 Å². The molecule has 0 radical (unpaired) electrons. The Balaban J connectivity index is 2.80. The van der Waals surface area contributed by atoms with E-state index in [9.17, 15) is 8.42 Å². The molecule has 0 aliphatic rings. The standard InChI is InChI=1S/C10H14N2O2S2/c1-2-12-16(13,14)7-8-3-5-9(6-4-8)10(11)15/h3-6,12H,2,7H2,1H3,(H2,11,15). The average Bonchev–Trinajstić information content (AvgIpc) is 2.17. The molecule has 0 saturated carbocycles. The molecule has 0 spiro atoms. The number of sulfonamides is 1. The van der Waals surface area contributed by atoms with Gasteiger partial charge in [0.1, 0.15) is 4.99 Å². The molecule has 0 aliphatic heterocycles. The molecule has 1 rings (SSSR count). The molecule has 1 aromatic rings. The highest BCUT2D eigenvalue weighted by molar-refractivity contribution is 7.88. The van der Waals surface area contributed by atoms with Crippen LogP contribution in [0.4, 0.5) is 0 Å². The Bertz CT molecular complexity index is 466. The van der Waals surface area contributed by atoms with Crippen molar-refractivity contribution in [3.05, 3.63) is 35.4 Å². The maximum Gasteiger partial charge on any atom is 0.215 e. The quantitative estimate of drug-likeness (QED) is 0.765. The number of nitrogens with two attached hydrogens (primary N) is 1. The van der Waals surface area contributed by atoms with Crippen molar-refractivity contribution in [2.24, 2.45) is 5.73 Å². The van der Waals surface area contributed by atoms with Gasteiger partial charge in [-0.25, -0.2) is 13.1 Å². The molecule has 0 aliphatic carbocycles. The van der Waals surface area contributed by atoms with Crippen LogP contribution in [-0.4, -0.2) is 20.0 Å². The van der Waals surface area contributed by atoms with Gasteiger partial charge in [-0.05, 0) is 5.56 Å². The number of benzene rings is 1. The first-order valence-corrected chi connectivity index (χ1v) is 6.87. The van der Waals surface area contributed by atoms with Gasteiger partial charge in [0.2, 0.25) is 10.0 Å². The van der Waals surface area contributed by atoms with E-state index in [0.717, 1.165) is 5.56 Å². The summed E-state index contributed by atoms with van der Waals surface area (Å²) in [6.07, 6.45) is 0. The van der Waals surface area contributed by atoms with Gasteiger partial charge in [-0.2, -0.15) is 0 Å². The summed E-state index contributed by atoms with van der Waals surface area (Å²) < 4.78 is 25.3. The van der Waals surface area contributed by atoms with E-state index < -0.39 is 10.0 Å². The predicted molar refractivity (Wildman–Crippen MR) is 68.6 cm³/mol. The molecule has 0 heterocycles. The van der Waals surface area contributed by atoms with Crippen molar-refractivity contribution in [2.75, 3.05) is 6.54 Å². The first-order valence-electron chi connectivity index (χ1n) is 4.80. The monoisotopic (exact) mass is 258 g/mol. The fourth-order valence-corrected chi connectivity index (χ4v) is 2.56. The van der Waals surface area contributed by atoms with Gasteiger partial charge in [-0.1, -0.05) is 43.4 Å². The molecule has 0 aromatic heterocycles. The first-order chi connectivity index (χ1) is 7.44. The fourth-order valence-electron chi connectivity index (χ4n) is 1.26. The summed E-state index contributed by atoms with van der Waals surface area (Å²) in [5, 5.41) is 0. The van der Waals surface area contributed by atoms with Crippen LogP contribution in [0.15, 0.2) is 24.3 Å². The van der Waals surface area contributed by atoms with Crippen LogP contribution < -0.4 is 10.5 Å². The number of hydrogen-bond donors (Lipinski definition) is 2. The van der Waals surface area contributed by atoms with E-state index in [1.165, 1.54) is 0 Å². The van der Waals surface area contributed by atoms with Crippen LogP contribution in [0.25, 0.3) is 0 Å². The lowest BCUT2D eigenvalue weighted by Crippen LogP contribution is -2.24. The van der Waals surface area contributed by atoms with Crippen LogP contribution in [0.5, 0.6) is 0 Å². The zero-order valence-electron chi connectivity index (χ0n) is 8.93. The van der Waals surface area contributed by atoms with Crippen LogP contribution in [-0.2, 0) is 15.8 Å². The van der Waals surface area contributed by atoms with Crippen LogP contribution in [0.1, 0.15) is 18.1 Å². The predicted octanol–water partition coefficient (Wildman–Crippen LogP) is 0.760. The van der Waals surface area contributed by atoms with Gasteiger partial charge in [-0.15, -0.1) is 0 Å². The normalized spacial score (nSPS) is 11.3. The Hall–Kier alpha value is -0.980. The molecule has 3 N–H and O–H groups in total. The zero-order valence-corrected chi connectivity index (χ0v) is 10.6. The third kappa shape index (κ3) is 3.88. The minimum Gasteiger partial charge on any atom is -0.389 e. The smallest absolute Gasteiger partial charge is 0.215 e. The Morgan fingerprint density at radius 2 is 1.94 bits per heavy atom. The van der Waals surface area contributed by atoms with Crippen molar-refractivity contribution in [3.8, 4) is 0 Å². The van der Waals surface area contributed by atoms with E-state index in [1.807, 2.05) is 0 Å². The highest BCUT2D eigenvalue weighted by Crippen LogP contribution is 2.07. The molecule has 1 aromatic carbocycles. The minimum atomic E-state index is -3.23. The molecule has 0 unspecified atom stereocenters. The Kier molecular flexibility index (Phi) is 4.40. The van der Waals surface area contributed by atoms with Crippen LogP contribution >= 0.6 is 12.2 Å². The number of nitrogens with one attached hydrogen (secondary N) is 1. The summed E-state index contributed by atoms with van der Waals surface area (Å²) in [4.78, 5) is 0.307. The van der Waals surface area contributed by atoms with Crippen molar-refractivity contribution in [1.82, 2.24) is 4.72 Å². The van der Waals surface area contributed by atoms with E-state index in [2.05, 4.69) is 4.72 Å². The molecule has 88 valence electrons. The summed E-state index contributed by atoms with van der Waals surface area (Å²) in [7, 11) is -3.23. The van der Waals surface area contributed by atoms with E-state index in [4.69, 9.17) is 18.0 Å². The largest absolute Gasteiger partial charge is 0.389 e. The van der Waals surface area contributed by atoms with E-state index in [0.29, 0.717) is 17.1 Å². The third-order valence-corrected chi connectivity index (χ3v) is 3.64. The summed E-state index contributed by atoms with van der Waals surface area (Å²) in [6.45, 7) is 2.14. The van der Waals surface area contributed by atoms with E-state index in [1.54, 1.807) is 31.2 Å². The number of thiocarbonyl (C=S) groups is 1. The number of hydrogen-bond acceptors (Lipinski definition) is 3. The van der Waals surface area contributed by atoms with Gasteiger partial charge in [0, 0.05) is 12.1 Å². The molecule has 0 atom stereocenters. The lowest BCUT2D eigenvalue weighted by Gasteiger charge is -2.05. The molecular formula is C10H14N2O2S2. The molecule has 6 heteroatoms. The molecule has 4 nitrogen and oxygen atoms in total. The third-order valence-electron chi connectivity index (χ3n) is 1.96. The van der Waals surface area contributed by atoms with E-state index >= 15 is 0 Å². The van der Waals surface area contributed by atoms with Gasteiger partial charge in [0.05, 0.1) is 5.75 Å². The van der Waals surface area contributed by atoms with Crippen molar-refractivity contribution in [2.45, 2.75) is 12.7 Å². The molecule has 16 heavy (non-hydrogen) atoms. The Labute approximate surface area is 101 Å². The summed E-state index contributed by atoms with van der Waals surface area (Å²) in [6, 6.07) is 6.87. The molecule has 0 fully saturated rings. The van der Waals surface area contributed by atoms with Crippen LogP contribution in [0, 0.1) is 0 Å². The van der Waals surface area contributed by atoms with Crippen molar-refractivity contribution in [1.29, 1.82) is 0 Å². The van der Waals surface area contributed by atoms with Gasteiger partial charge >= 0.3 is 0 Å². The topological polar surface area (TPSA) is 72.2 Å². The maximum absolute atomic E-state index is 11.5. The first kappa shape index (κ1) is 13.1. The second kappa shape index (κ2) is 5.38. The zero-order chi connectivity index (χ0) is 12.2. The molecular weight excluding hydrogens is 244 g/mol. The van der Waals surface area contributed by atoms with Crippen molar-refractivity contribution in [3.63, 3.8) is 0 Å². The van der Waals surface area contributed by atoms with E-state index in [-0.39, 0.29) is 5.75 Å². The Morgan fingerprint density at radius 1 is 1.38 bits per heavy atom. The maximum atomic E-state index is 11.5. The van der Waals surface area contributed by atoms with Gasteiger partial charge in [-0.3, -0.25) is 0 Å². The summed E-state index contributed by atoms with van der Waals surface area (Å²) >= 11 is 4.80. The van der Waals surface area contributed by atoms with Crippen LogP contribution in [0.3, 0.4) is 0 Å². The summed E-state index contributed by atoms with van der Waals surface area (Å²) in [5.41, 5.74) is 6.88. The lowest BCUT2D eigenvalue weighted by molar-refractivity contribution is 0.583. The van der Waals surface area contributed by atoms with Gasteiger partial charge in [0.25, 0.3) is 0 Å². The Morgan fingerprint density at radius 3 is 2.38 bits per heavy atom. The molecule has 0 bridgehead atoms. The highest BCUT2D eigenvalue weighted by atomic mass is 32.2. The average molecular weight is 258 g/mol. The highest BCUT2D eigenvalue weighted by Gasteiger charge is 2.09. The fraction of sp³-hybridized carbons (Fsp3) is 0.300. The second-order valence-corrected chi connectivity index (χ2v) is 5.56.